The van der Waals surface area contributed by atoms with Crippen LogP contribution in [0, 0.1) is 0 Å². The molecule has 0 amide bonds. The molecular formula is C9H15NO5. The van der Waals surface area contributed by atoms with Crippen LogP contribution in [0.4, 0.5) is 0 Å². The van der Waals surface area contributed by atoms with Crippen LogP contribution in [0.25, 0.3) is 0 Å². The van der Waals surface area contributed by atoms with Gasteiger partial charge >= 0.3 is 11.9 Å². The fourth-order valence-electron chi connectivity index (χ4n) is 1.82. The van der Waals surface area contributed by atoms with Gasteiger partial charge in [0.2, 0.25) is 0 Å². The van der Waals surface area contributed by atoms with Crippen molar-refractivity contribution in [1.82, 2.24) is 4.90 Å². The minimum atomic E-state index is -1.86. The van der Waals surface area contributed by atoms with E-state index in [9.17, 15) is 14.7 Å². The number of aliphatic hydroxyl groups excluding tert-OH is 1. The molecule has 6 heteroatoms. The minimum Gasteiger partial charge on any atom is -0.480 e. The third kappa shape index (κ3) is 2.90. The van der Waals surface area contributed by atoms with Crippen LogP contribution in [0.5, 0.6) is 0 Å². The Morgan fingerprint density at radius 2 is 1.53 bits per heavy atom. The molecule has 0 aromatic carbocycles. The van der Waals surface area contributed by atoms with Gasteiger partial charge in [-0.05, 0) is 25.9 Å². The van der Waals surface area contributed by atoms with Gasteiger partial charge in [-0.2, -0.15) is 0 Å². The predicted molar refractivity (Wildman–Crippen MR) is 50.5 cm³/mol. The molecule has 15 heavy (non-hydrogen) atoms. The van der Waals surface area contributed by atoms with E-state index >= 15 is 0 Å². The van der Waals surface area contributed by atoms with Crippen LogP contribution >= 0.6 is 0 Å². The molecule has 0 spiro atoms. The molecule has 0 bridgehead atoms. The van der Waals surface area contributed by atoms with Gasteiger partial charge < -0.3 is 15.3 Å². The summed E-state index contributed by atoms with van der Waals surface area (Å²) < 4.78 is 0. The smallest absolute Gasteiger partial charge is 0.334 e. The molecule has 6 nitrogen and oxygen atoms in total. The summed E-state index contributed by atoms with van der Waals surface area (Å²) in [7, 11) is 0. The average Bonchev–Trinajstić information content (AvgIpc) is 2.18. The summed E-state index contributed by atoms with van der Waals surface area (Å²) in [6.45, 7) is 1.06. The standard InChI is InChI=1S/C9H15NO5/c11-7(9(14)15)6(8(12)13)10-4-2-1-3-5-10/h6-7,11H,1-5H2,(H,12,13)(H,14,15). The molecule has 0 aliphatic carbocycles. The van der Waals surface area contributed by atoms with Gasteiger partial charge in [0.25, 0.3) is 0 Å². The summed E-state index contributed by atoms with van der Waals surface area (Å²) in [4.78, 5) is 22.9. The van der Waals surface area contributed by atoms with Gasteiger partial charge in [0.15, 0.2) is 6.10 Å². The van der Waals surface area contributed by atoms with E-state index < -0.39 is 24.1 Å². The Labute approximate surface area is 87.1 Å². The number of piperidine rings is 1. The first-order chi connectivity index (χ1) is 7.04. The van der Waals surface area contributed by atoms with Crippen LogP contribution in [0.2, 0.25) is 0 Å². The van der Waals surface area contributed by atoms with Crippen LogP contribution < -0.4 is 0 Å². The highest BCUT2D eigenvalue weighted by Crippen LogP contribution is 2.15. The molecule has 1 heterocycles. The maximum atomic E-state index is 10.9. The van der Waals surface area contributed by atoms with E-state index in [4.69, 9.17) is 10.2 Å². The molecule has 1 saturated heterocycles. The van der Waals surface area contributed by atoms with Crippen molar-refractivity contribution >= 4 is 11.9 Å². The first kappa shape index (κ1) is 11.9. The van der Waals surface area contributed by atoms with Crippen molar-refractivity contribution in [1.29, 1.82) is 0 Å². The number of likely N-dealkylation sites (tertiary alicyclic amines) is 1. The Bertz CT molecular complexity index is 249. The van der Waals surface area contributed by atoms with Crippen molar-refractivity contribution in [3.8, 4) is 0 Å². The van der Waals surface area contributed by atoms with Gasteiger partial charge in [-0.3, -0.25) is 9.69 Å². The number of carboxylic acid groups (broad SMARTS) is 2. The lowest BCUT2D eigenvalue weighted by molar-refractivity contribution is -0.161. The van der Waals surface area contributed by atoms with Crippen molar-refractivity contribution in [3.05, 3.63) is 0 Å². The number of hydrogen-bond donors (Lipinski definition) is 3. The lowest BCUT2D eigenvalue weighted by Crippen LogP contribution is -2.53. The van der Waals surface area contributed by atoms with Gasteiger partial charge in [-0.1, -0.05) is 6.42 Å². The highest BCUT2D eigenvalue weighted by Gasteiger charge is 2.37. The van der Waals surface area contributed by atoms with Crippen LogP contribution in [0.3, 0.4) is 0 Å². The molecule has 0 aromatic rings. The second kappa shape index (κ2) is 5.09. The van der Waals surface area contributed by atoms with E-state index in [-0.39, 0.29) is 0 Å². The molecule has 2 atom stereocenters. The zero-order chi connectivity index (χ0) is 11.4. The predicted octanol–water partition coefficient (Wildman–Crippen LogP) is -0.629. The largest absolute Gasteiger partial charge is 0.480 e. The molecule has 0 radical (unpaired) electrons. The van der Waals surface area contributed by atoms with E-state index in [1.807, 2.05) is 0 Å². The van der Waals surface area contributed by atoms with Crippen molar-refractivity contribution in [2.75, 3.05) is 13.1 Å². The number of carboxylic acids is 2. The fourth-order valence-corrected chi connectivity index (χ4v) is 1.82. The molecule has 2 unspecified atom stereocenters. The van der Waals surface area contributed by atoms with Crippen molar-refractivity contribution in [3.63, 3.8) is 0 Å². The van der Waals surface area contributed by atoms with Crippen molar-refractivity contribution < 1.29 is 24.9 Å². The lowest BCUT2D eigenvalue weighted by Gasteiger charge is -2.33. The first-order valence-corrected chi connectivity index (χ1v) is 4.91. The van der Waals surface area contributed by atoms with Gasteiger partial charge in [-0.15, -0.1) is 0 Å². The number of aliphatic carboxylic acids is 2. The van der Waals surface area contributed by atoms with Crippen molar-refractivity contribution in [2.24, 2.45) is 0 Å². The van der Waals surface area contributed by atoms with Crippen LogP contribution in [-0.2, 0) is 9.59 Å². The maximum absolute atomic E-state index is 10.9. The Morgan fingerprint density at radius 3 is 1.93 bits per heavy atom. The van der Waals surface area contributed by atoms with Crippen LogP contribution in [0.1, 0.15) is 19.3 Å². The monoisotopic (exact) mass is 217 g/mol. The molecule has 1 fully saturated rings. The van der Waals surface area contributed by atoms with E-state index in [0.29, 0.717) is 13.1 Å². The number of carbonyl (C=O) groups is 2. The van der Waals surface area contributed by atoms with Gasteiger partial charge in [-0.25, -0.2) is 4.79 Å². The van der Waals surface area contributed by atoms with Gasteiger partial charge in [0.1, 0.15) is 6.04 Å². The summed E-state index contributed by atoms with van der Waals surface area (Å²) in [6.07, 6.45) is 0.846. The SMILES string of the molecule is O=C(O)C(O)C(C(=O)O)N1CCCCC1. The van der Waals surface area contributed by atoms with Gasteiger partial charge in [0.05, 0.1) is 0 Å². The molecule has 1 aliphatic heterocycles. The summed E-state index contributed by atoms with van der Waals surface area (Å²) >= 11 is 0. The van der Waals surface area contributed by atoms with E-state index in [1.54, 1.807) is 0 Å². The first-order valence-electron chi connectivity index (χ1n) is 4.91. The Kier molecular flexibility index (Phi) is 4.05. The van der Waals surface area contributed by atoms with E-state index in [1.165, 1.54) is 4.90 Å². The number of aliphatic hydroxyl groups is 1. The lowest BCUT2D eigenvalue weighted by atomic mass is 10.0. The second-order valence-corrected chi connectivity index (χ2v) is 3.66. The Morgan fingerprint density at radius 1 is 1.00 bits per heavy atom. The Hall–Kier alpha value is -1.14. The minimum absolute atomic E-state index is 0.529. The molecule has 1 rings (SSSR count). The topological polar surface area (TPSA) is 98.1 Å². The van der Waals surface area contributed by atoms with Crippen LogP contribution in [0.15, 0.2) is 0 Å². The number of nitrogens with zero attached hydrogens (tertiary/aromatic N) is 1. The molecule has 86 valence electrons. The molecular weight excluding hydrogens is 202 g/mol. The zero-order valence-electron chi connectivity index (χ0n) is 8.30. The van der Waals surface area contributed by atoms with E-state index in [0.717, 1.165) is 19.3 Å². The zero-order valence-corrected chi connectivity index (χ0v) is 8.30. The molecule has 1 aliphatic rings. The van der Waals surface area contributed by atoms with Gasteiger partial charge in [0, 0.05) is 0 Å². The molecule has 3 N–H and O–H groups in total. The molecule has 0 aromatic heterocycles. The van der Waals surface area contributed by atoms with Crippen molar-refractivity contribution in [2.45, 2.75) is 31.4 Å². The van der Waals surface area contributed by atoms with E-state index in [2.05, 4.69) is 0 Å². The number of rotatable bonds is 4. The van der Waals surface area contributed by atoms with Crippen LogP contribution in [-0.4, -0.2) is 57.4 Å². The second-order valence-electron chi connectivity index (χ2n) is 3.66. The fraction of sp³-hybridized carbons (Fsp3) is 0.778. The maximum Gasteiger partial charge on any atom is 0.334 e. The third-order valence-electron chi connectivity index (χ3n) is 2.59. The average molecular weight is 217 g/mol. The number of hydrogen-bond acceptors (Lipinski definition) is 4. The summed E-state index contributed by atoms with van der Waals surface area (Å²) in [5, 5.41) is 26.8. The molecule has 0 saturated carbocycles. The highest BCUT2D eigenvalue weighted by molar-refractivity contribution is 5.84. The Balaban J connectivity index is 2.71. The summed E-state index contributed by atoms with van der Waals surface area (Å²) in [5.74, 6) is -2.78. The summed E-state index contributed by atoms with van der Waals surface area (Å²) in [5.41, 5.74) is 0. The highest BCUT2D eigenvalue weighted by atomic mass is 16.4. The summed E-state index contributed by atoms with van der Waals surface area (Å²) in [6, 6.07) is -1.33. The normalized spacial score (nSPS) is 21.9. The third-order valence-corrected chi connectivity index (χ3v) is 2.59. The quantitative estimate of drug-likeness (QED) is 0.580.